The number of hydrogen-bond acceptors (Lipinski definition) is 3. The molecule has 2 atom stereocenters. The first-order chi connectivity index (χ1) is 7.61. The standard InChI is InChI=1S/C11H12N2O3/c1-13-9(14)6-7(11(15)16)10(13)8-4-2-3-5-12-8/h2-5,7,10H,6H2,1H3,(H,15,16)/t7-,10-/m0/s1. The van der Waals surface area contributed by atoms with E-state index in [2.05, 4.69) is 4.98 Å². The molecule has 0 aromatic carbocycles. The number of carboxylic acids is 1. The highest BCUT2D eigenvalue weighted by Crippen LogP contribution is 2.35. The zero-order chi connectivity index (χ0) is 11.7. The molecule has 84 valence electrons. The molecule has 5 heteroatoms. The summed E-state index contributed by atoms with van der Waals surface area (Å²) in [5.74, 6) is -1.80. The Kier molecular flexibility index (Phi) is 2.60. The van der Waals surface area contributed by atoms with Gasteiger partial charge in [0.05, 0.1) is 17.7 Å². The number of aliphatic carboxylic acids is 1. The molecule has 1 aromatic heterocycles. The van der Waals surface area contributed by atoms with Gasteiger partial charge in [-0.3, -0.25) is 14.6 Å². The van der Waals surface area contributed by atoms with Crippen LogP contribution < -0.4 is 0 Å². The third-order valence-electron chi connectivity index (χ3n) is 2.89. The SMILES string of the molecule is CN1C(=O)C[C@H](C(=O)O)[C@H]1c1ccccn1. The third kappa shape index (κ3) is 1.64. The molecule has 0 spiro atoms. The molecule has 1 aliphatic heterocycles. The Balaban J connectivity index is 2.37. The Hall–Kier alpha value is -1.91. The molecule has 1 amide bonds. The first kappa shape index (κ1) is 10.6. The van der Waals surface area contributed by atoms with E-state index in [4.69, 9.17) is 5.11 Å². The van der Waals surface area contributed by atoms with Crippen LogP contribution in [-0.2, 0) is 9.59 Å². The first-order valence-electron chi connectivity index (χ1n) is 5.00. The molecule has 0 radical (unpaired) electrons. The molecular weight excluding hydrogens is 208 g/mol. The van der Waals surface area contributed by atoms with Crippen LogP contribution in [0.15, 0.2) is 24.4 Å². The Labute approximate surface area is 92.7 Å². The maximum absolute atomic E-state index is 11.5. The first-order valence-corrected chi connectivity index (χ1v) is 5.00. The molecule has 0 bridgehead atoms. The topological polar surface area (TPSA) is 70.5 Å². The molecule has 1 aliphatic rings. The summed E-state index contributed by atoms with van der Waals surface area (Å²) in [4.78, 5) is 28.2. The summed E-state index contributed by atoms with van der Waals surface area (Å²) in [7, 11) is 1.62. The smallest absolute Gasteiger partial charge is 0.309 e. The summed E-state index contributed by atoms with van der Waals surface area (Å²) >= 11 is 0. The highest BCUT2D eigenvalue weighted by Gasteiger charge is 2.43. The fourth-order valence-corrected chi connectivity index (χ4v) is 2.05. The van der Waals surface area contributed by atoms with Crippen molar-refractivity contribution in [1.82, 2.24) is 9.88 Å². The van der Waals surface area contributed by atoms with Crippen molar-refractivity contribution in [2.45, 2.75) is 12.5 Å². The maximum Gasteiger partial charge on any atom is 0.309 e. The summed E-state index contributed by atoms with van der Waals surface area (Å²) in [6, 6.07) is 4.84. The van der Waals surface area contributed by atoms with E-state index >= 15 is 0 Å². The number of carbonyl (C=O) groups is 2. The van der Waals surface area contributed by atoms with Crippen molar-refractivity contribution >= 4 is 11.9 Å². The van der Waals surface area contributed by atoms with Crippen LogP contribution in [0.1, 0.15) is 18.2 Å². The van der Waals surface area contributed by atoms with Crippen LogP contribution in [0.4, 0.5) is 0 Å². The van der Waals surface area contributed by atoms with Crippen LogP contribution in [0.2, 0.25) is 0 Å². The molecule has 1 fully saturated rings. The zero-order valence-electron chi connectivity index (χ0n) is 8.83. The summed E-state index contributed by atoms with van der Waals surface area (Å²) in [5.41, 5.74) is 0.628. The van der Waals surface area contributed by atoms with Crippen molar-refractivity contribution in [3.8, 4) is 0 Å². The minimum Gasteiger partial charge on any atom is -0.481 e. The molecule has 0 aliphatic carbocycles. The maximum atomic E-state index is 11.5. The molecule has 2 heterocycles. The van der Waals surface area contributed by atoms with E-state index in [0.29, 0.717) is 5.69 Å². The van der Waals surface area contributed by atoms with Crippen molar-refractivity contribution < 1.29 is 14.7 Å². The normalized spacial score (nSPS) is 24.8. The van der Waals surface area contributed by atoms with Crippen LogP contribution in [0.25, 0.3) is 0 Å². The van der Waals surface area contributed by atoms with Gasteiger partial charge in [-0.15, -0.1) is 0 Å². The van der Waals surface area contributed by atoms with Gasteiger partial charge in [0.15, 0.2) is 0 Å². The van der Waals surface area contributed by atoms with Crippen molar-refractivity contribution in [3.63, 3.8) is 0 Å². The number of carboxylic acid groups (broad SMARTS) is 1. The van der Waals surface area contributed by atoms with E-state index in [1.165, 1.54) is 4.90 Å². The van der Waals surface area contributed by atoms with Crippen LogP contribution >= 0.6 is 0 Å². The van der Waals surface area contributed by atoms with Gasteiger partial charge in [0, 0.05) is 19.7 Å². The molecule has 1 saturated heterocycles. The molecule has 2 rings (SSSR count). The third-order valence-corrected chi connectivity index (χ3v) is 2.89. The Morgan fingerprint density at radius 2 is 2.31 bits per heavy atom. The van der Waals surface area contributed by atoms with E-state index in [1.54, 1.807) is 31.4 Å². The van der Waals surface area contributed by atoms with Gasteiger partial charge in [0.2, 0.25) is 5.91 Å². The number of nitrogens with zero attached hydrogens (tertiary/aromatic N) is 2. The Morgan fingerprint density at radius 1 is 1.56 bits per heavy atom. The second-order valence-electron chi connectivity index (χ2n) is 3.85. The predicted molar refractivity (Wildman–Crippen MR) is 55.5 cm³/mol. The fourth-order valence-electron chi connectivity index (χ4n) is 2.05. The van der Waals surface area contributed by atoms with Gasteiger partial charge < -0.3 is 10.0 Å². The van der Waals surface area contributed by atoms with Crippen molar-refractivity contribution in [3.05, 3.63) is 30.1 Å². The van der Waals surface area contributed by atoms with E-state index in [9.17, 15) is 9.59 Å². The van der Waals surface area contributed by atoms with Crippen LogP contribution in [0.3, 0.4) is 0 Å². The van der Waals surface area contributed by atoms with Crippen molar-refractivity contribution in [2.24, 2.45) is 5.92 Å². The number of pyridine rings is 1. The number of hydrogen-bond donors (Lipinski definition) is 1. The lowest BCUT2D eigenvalue weighted by Crippen LogP contribution is -2.27. The number of amides is 1. The van der Waals surface area contributed by atoms with E-state index in [-0.39, 0.29) is 12.3 Å². The van der Waals surface area contributed by atoms with Gasteiger partial charge in [-0.25, -0.2) is 0 Å². The predicted octanol–water partition coefficient (Wildman–Crippen LogP) is 0.686. The van der Waals surface area contributed by atoms with E-state index in [0.717, 1.165) is 0 Å². The molecular formula is C11H12N2O3. The molecule has 0 saturated carbocycles. The summed E-state index contributed by atoms with van der Waals surface area (Å²) in [6.07, 6.45) is 1.65. The number of rotatable bonds is 2. The van der Waals surface area contributed by atoms with Crippen LogP contribution in [0.5, 0.6) is 0 Å². The number of carbonyl (C=O) groups excluding carboxylic acids is 1. The molecule has 0 unspecified atom stereocenters. The average molecular weight is 220 g/mol. The number of likely N-dealkylation sites (tertiary alicyclic amines) is 1. The van der Waals surface area contributed by atoms with Crippen molar-refractivity contribution in [1.29, 1.82) is 0 Å². The molecule has 1 N–H and O–H groups in total. The van der Waals surface area contributed by atoms with Gasteiger partial charge in [-0.05, 0) is 12.1 Å². The lowest BCUT2D eigenvalue weighted by molar-refractivity contribution is -0.142. The minimum atomic E-state index is -0.951. The van der Waals surface area contributed by atoms with E-state index < -0.39 is 17.9 Å². The monoisotopic (exact) mass is 220 g/mol. The molecule has 1 aromatic rings. The minimum absolute atomic E-state index is 0.0487. The van der Waals surface area contributed by atoms with Gasteiger partial charge in [-0.2, -0.15) is 0 Å². The van der Waals surface area contributed by atoms with Gasteiger partial charge in [0.25, 0.3) is 0 Å². The van der Waals surface area contributed by atoms with Gasteiger partial charge in [-0.1, -0.05) is 6.07 Å². The fraction of sp³-hybridized carbons (Fsp3) is 0.364. The zero-order valence-corrected chi connectivity index (χ0v) is 8.83. The van der Waals surface area contributed by atoms with Gasteiger partial charge >= 0.3 is 5.97 Å². The Morgan fingerprint density at radius 3 is 2.88 bits per heavy atom. The summed E-state index contributed by atoms with van der Waals surface area (Å²) in [5, 5.41) is 9.07. The summed E-state index contributed by atoms with van der Waals surface area (Å²) < 4.78 is 0. The highest BCUT2D eigenvalue weighted by molar-refractivity contribution is 5.87. The Bertz CT molecular complexity index is 418. The second kappa shape index (κ2) is 3.92. The quantitative estimate of drug-likeness (QED) is 0.795. The second-order valence-corrected chi connectivity index (χ2v) is 3.85. The lowest BCUT2D eigenvalue weighted by Gasteiger charge is -2.22. The number of aromatic nitrogens is 1. The van der Waals surface area contributed by atoms with Crippen molar-refractivity contribution in [2.75, 3.05) is 7.05 Å². The lowest BCUT2D eigenvalue weighted by atomic mass is 9.97. The van der Waals surface area contributed by atoms with Crippen LogP contribution in [-0.4, -0.2) is 33.9 Å². The molecule has 5 nitrogen and oxygen atoms in total. The largest absolute Gasteiger partial charge is 0.481 e. The van der Waals surface area contributed by atoms with Gasteiger partial charge in [0.1, 0.15) is 0 Å². The van der Waals surface area contributed by atoms with Crippen LogP contribution in [0, 0.1) is 5.92 Å². The molecule has 16 heavy (non-hydrogen) atoms. The highest BCUT2D eigenvalue weighted by atomic mass is 16.4. The average Bonchev–Trinajstić information content (AvgIpc) is 2.57. The van der Waals surface area contributed by atoms with E-state index in [1.807, 2.05) is 0 Å². The summed E-state index contributed by atoms with van der Waals surface area (Å²) in [6.45, 7) is 0.